The molecule has 110 valence electrons. The summed E-state index contributed by atoms with van der Waals surface area (Å²) >= 11 is 0. The van der Waals surface area contributed by atoms with Crippen molar-refractivity contribution in [3.8, 4) is 0 Å². The van der Waals surface area contributed by atoms with Gasteiger partial charge in [0.1, 0.15) is 0 Å². The van der Waals surface area contributed by atoms with E-state index in [2.05, 4.69) is 14.6 Å². The first-order valence-corrected chi connectivity index (χ1v) is 6.85. The maximum absolute atomic E-state index is 11.6. The molecule has 0 amide bonds. The Bertz CT molecular complexity index is 461. The van der Waals surface area contributed by atoms with Gasteiger partial charge in [-0.15, -0.1) is 0 Å². The predicted molar refractivity (Wildman–Crippen MR) is 71.0 cm³/mol. The monoisotopic (exact) mass is 280 g/mol. The second-order valence-electron chi connectivity index (χ2n) is 5.03. The SMILES string of the molecule is COC(=O)C(Cc1ccn(C2CCCC2)n1)C(=O)OC. The number of rotatable bonds is 5. The van der Waals surface area contributed by atoms with Crippen molar-refractivity contribution in [2.45, 2.75) is 38.1 Å². The van der Waals surface area contributed by atoms with Crippen LogP contribution in [0.1, 0.15) is 37.4 Å². The first-order valence-electron chi connectivity index (χ1n) is 6.85. The van der Waals surface area contributed by atoms with Gasteiger partial charge in [0.2, 0.25) is 0 Å². The van der Waals surface area contributed by atoms with Crippen molar-refractivity contribution >= 4 is 11.9 Å². The molecule has 6 heteroatoms. The van der Waals surface area contributed by atoms with Crippen molar-refractivity contribution in [1.29, 1.82) is 0 Å². The summed E-state index contributed by atoms with van der Waals surface area (Å²) in [5.74, 6) is -2.13. The average Bonchev–Trinajstić information content (AvgIpc) is 3.13. The molecular formula is C14H20N2O4. The topological polar surface area (TPSA) is 70.4 Å². The smallest absolute Gasteiger partial charge is 0.320 e. The summed E-state index contributed by atoms with van der Waals surface area (Å²) in [6.07, 6.45) is 6.85. The zero-order chi connectivity index (χ0) is 14.5. The van der Waals surface area contributed by atoms with Gasteiger partial charge >= 0.3 is 11.9 Å². The van der Waals surface area contributed by atoms with E-state index in [1.165, 1.54) is 27.1 Å². The van der Waals surface area contributed by atoms with Crippen LogP contribution >= 0.6 is 0 Å². The van der Waals surface area contributed by atoms with Crippen molar-refractivity contribution in [1.82, 2.24) is 9.78 Å². The third kappa shape index (κ3) is 3.18. The van der Waals surface area contributed by atoms with E-state index < -0.39 is 17.9 Å². The number of nitrogens with zero attached hydrogens (tertiary/aromatic N) is 2. The molecule has 20 heavy (non-hydrogen) atoms. The molecule has 2 rings (SSSR count). The lowest BCUT2D eigenvalue weighted by atomic mass is 10.0. The third-order valence-electron chi connectivity index (χ3n) is 3.75. The van der Waals surface area contributed by atoms with Crippen LogP contribution in [0.3, 0.4) is 0 Å². The highest BCUT2D eigenvalue weighted by molar-refractivity contribution is 5.95. The highest BCUT2D eigenvalue weighted by Crippen LogP contribution is 2.28. The van der Waals surface area contributed by atoms with Crippen LogP contribution in [0.2, 0.25) is 0 Å². The Labute approximate surface area is 118 Å². The Morgan fingerprint density at radius 1 is 1.30 bits per heavy atom. The molecule has 0 spiro atoms. The van der Waals surface area contributed by atoms with Crippen LogP contribution in [0, 0.1) is 5.92 Å². The lowest BCUT2D eigenvalue weighted by Gasteiger charge is -2.11. The normalized spacial score (nSPS) is 15.6. The maximum Gasteiger partial charge on any atom is 0.320 e. The molecule has 1 aromatic rings. The van der Waals surface area contributed by atoms with Gasteiger partial charge in [0.15, 0.2) is 5.92 Å². The molecular weight excluding hydrogens is 260 g/mol. The fourth-order valence-electron chi connectivity index (χ4n) is 2.61. The summed E-state index contributed by atoms with van der Waals surface area (Å²) in [5, 5.41) is 4.47. The van der Waals surface area contributed by atoms with Crippen molar-refractivity contribution in [2.75, 3.05) is 14.2 Å². The summed E-state index contributed by atoms with van der Waals surface area (Å²) in [6.45, 7) is 0. The fourth-order valence-corrected chi connectivity index (χ4v) is 2.61. The van der Waals surface area contributed by atoms with Crippen LogP contribution < -0.4 is 0 Å². The van der Waals surface area contributed by atoms with Gasteiger partial charge in [0, 0.05) is 12.6 Å². The minimum absolute atomic E-state index is 0.207. The maximum atomic E-state index is 11.6. The van der Waals surface area contributed by atoms with E-state index >= 15 is 0 Å². The van der Waals surface area contributed by atoms with Crippen LogP contribution in [-0.4, -0.2) is 35.9 Å². The number of hydrogen-bond acceptors (Lipinski definition) is 5. The lowest BCUT2D eigenvalue weighted by molar-refractivity contribution is -0.158. The van der Waals surface area contributed by atoms with Crippen LogP contribution in [0.5, 0.6) is 0 Å². The van der Waals surface area contributed by atoms with E-state index in [9.17, 15) is 9.59 Å². The first-order chi connectivity index (χ1) is 9.65. The second kappa shape index (κ2) is 6.54. The summed E-state index contributed by atoms with van der Waals surface area (Å²) < 4.78 is 11.2. The molecule has 1 saturated carbocycles. The van der Waals surface area contributed by atoms with Crippen LogP contribution in [-0.2, 0) is 25.5 Å². The van der Waals surface area contributed by atoms with E-state index in [1.54, 1.807) is 0 Å². The third-order valence-corrected chi connectivity index (χ3v) is 3.75. The van der Waals surface area contributed by atoms with Crippen molar-refractivity contribution < 1.29 is 19.1 Å². The summed E-state index contributed by atoms with van der Waals surface area (Å²) in [7, 11) is 2.52. The minimum Gasteiger partial charge on any atom is -0.468 e. The number of esters is 2. The van der Waals surface area contributed by atoms with E-state index in [0.717, 1.165) is 12.8 Å². The molecule has 1 aromatic heterocycles. The molecule has 0 aromatic carbocycles. The van der Waals surface area contributed by atoms with E-state index in [0.29, 0.717) is 11.7 Å². The van der Waals surface area contributed by atoms with E-state index in [1.807, 2.05) is 16.9 Å². The van der Waals surface area contributed by atoms with Crippen molar-refractivity contribution in [3.63, 3.8) is 0 Å². The molecule has 0 atom stereocenters. The van der Waals surface area contributed by atoms with Crippen LogP contribution in [0.4, 0.5) is 0 Å². The molecule has 0 unspecified atom stereocenters. The number of aromatic nitrogens is 2. The van der Waals surface area contributed by atoms with Gasteiger partial charge in [-0.05, 0) is 18.9 Å². The van der Waals surface area contributed by atoms with Gasteiger partial charge in [-0.25, -0.2) is 0 Å². The molecule has 0 bridgehead atoms. The number of ether oxygens (including phenoxy) is 2. The summed E-state index contributed by atoms with van der Waals surface area (Å²) in [4.78, 5) is 23.2. The molecule has 1 fully saturated rings. The minimum atomic E-state index is -0.947. The number of carbonyl (C=O) groups is 2. The van der Waals surface area contributed by atoms with E-state index in [-0.39, 0.29) is 6.42 Å². The largest absolute Gasteiger partial charge is 0.468 e. The highest BCUT2D eigenvalue weighted by atomic mass is 16.5. The Balaban J connectivity index is 2.06. The second-order valence-corrected chi connectivity index (χ2v) is 5.03. The number of methoxy groups -OCH3 is 2. The standard InChI is InChI=1S/C14H20N2O4/c1-19-13(17)12(14(18)20-2)9-10-7-8-16(15-10)11-5-3-4-6-11/h7-8,11-12H,3-6,9H2,1-2H3. The summed E-state index contributed by atoms with van der Waals surface area (Å²) in [6, 6.07) is 2.29. The molecule has 1 heterocycles. The predicted octanol–water partition coefficient (Wildman–Crippen LogP) is 1.50. The molecule has 0 saturated heterocycles. The van der Waals surface area contributed by atoms with Crippen LogP contribution in [0.15, 0.2) is 12.3 Å². The lowest BCUT2D eigenvalue weighted by Crippen LogP contribution is -2.28. The molecule has 0 N–H and O–H groups in total. The van der Waals surface area contributed by atoms with Gasteiger partial charge in [-0.2, -0.15) is 5.10 Å². The number of hydrogen-bond donors (Lipinski definition) is 0. The Morgan fingerprint density at radius 2 is 1.90 bits per heavy atom. The Hall–Kier alpha value is -1.85. The first kappa shape index (κ1) is 14.6. The molecule has 0 aliphatic heterocycles. The number of carbonyl (C=O) groups excluding carboxylic acids is 2. The summed E-state index contributed by atoms with van der Waals surface area (Å²) in [5.41, 5.74) is 0.706. The van der Waals surface area contributed by atoms with E-state index in [4.69, 9.17) is 0 Å². The zero-order valence-corrected chi connectivity index (χ0v) is 11.9. The molecule has 1 aliphatic carbocycles. The van der Waals surface area contributed by atoms with Crippen molar-refractivity contribution in [3.05, 3.63) is 18.0 Å². The molecule has 0 radical (unpaired) electrons. The van der Waals surface area contributed by atoms with Gasteiger partial charge in [0.25, 0.3) is 0 Å². The van der Waals surface area contributed by atoms with Crippen LogP contribution in [0.25, 0.3) is 0 Å². The molecule has 6 nitrogen and oxygen atoms in total. The zero-order valence-electron chi connectivity index (χ0n) is 11.9. The van der Waals surface area contributed by atoms with Gasteiger partial charge in [0.05, 0.1) is 26.0 Å². The Kier molecular flexibility index (Phi) is 4.76. The fraction of sp³-hybridized carbons (Fsp3) is 0.643. The quantitative estimate of drug-likeness (QED) is 0.604. The Morgan fingerprint density at radius 3 is 2.45 bits per heavy atom. The van der Waals surface area contributed by atoms with Gasteiger partial charge in [-0.1, -0.05) is 12.8 Å². The molecule has 1 aliphatic rings. The van der Waals surface area contributed by atoms with Crippen molar-refractivity contribution in [2.24, 2.45) is 5.92 Å². The van der Waals surface area contributed by atoms with Gasteiger partial charge < -0.3 is 9.47 Å². The average molecular weight is 280 g/mol. The van der Waals surface area contributed by atoms with Gasteiger partial charge in [-0.3, -0.25) is 14.3 Å². The highest BCUT2D eigenvalue weighted by Gasteiger charge is 2.30.